The minimum Gasteiger partial charge on any atom is -0.445 e. The van der Waals surface area contributed by atoms with Gasteiger partial charge in [0.2, 0.25) is 0 Å². The van der Waals surface area contributed by atoms with Gasteiger partial charge in [-0.2, -0.15) is 8.78 Å². The molecular formula is C17H14ClF5N6O5S. The largest absolute Gasteiger partial charge is 0.573 e. The van der Waals surface area contributed by atoms with Crippen LogP contribution in [0.15, 0.2) is 24.4 Å². The van der Waals surface area contributed by atoms with Gasteiger partial charge in [-0.15, -0.1) is 13.2 Å². The fourth-order valence-corrected chi connectivity index (χ4v) is 3.79. The Balaban J connectivity index is 1.64. The summed E-state index contributed by atoms with van der Waals surface area (Å²) in [5, 5.41) is 10.7. The van der Waals surface area contributed by atoms with E-state index in [4.69, 9.17) is 16.3 Å². The number of alkyl halides is 6. The molecule has 2 N–H and O–H groups in total. The summed E-state index contributed by atoms with van der Waals surface area (Å²) in [6, 6.07) is 3.19. The summed E-state index contributed by atoms with van der Waals surface area (Å²) >= 11 is 5.76. The highest BCUT2D eigenvalue weighted by Crippen LogP contribution is 2.33. The second-order valence-corrected chi connectivity index (χ2v) is 8.20. The molecule has 0 saturated carbocycles. The van der Waals surface area contributed by atoms with Gasteiger partial charge in [0.25, 0.3) is 0 Å². The summed E-state index contributed by atoms with van der Waals surface area (Å²) in [4.78, 5) is 30.0. The van der Waals surface area contributed by atoms with Crippen molar-refractivity contribution in [1.29, 1.82) is 0 Å². The number of anilines is 1. The van der Waals surface area contributed by atoms with Gasteiger partial charge in [0, 0.05) is 13.0 Å². The van der Waals surface area contributed by atoms with Crippen LogP contribution in [0.5, 0.6) is 5.75 Å². The van der Waals surface area contributed by atoms with Gasteiger partial charge in [0.15, 0.2) is 17.1 Å². The molecule has 0 aliphatic heterocycles. The van der Waals surface area contributed by atoms with Gasteiger partial charge in [-0.3, -0.25) is 5.32 Å². The van der Waals surface area contributed by atoms with Crippen LogP contribution >= 0.6 is 22.9 Å². The highest BCUT2D eigenvalue weighted by Gasteiger charge is 2.39. The van der Waals surface area contributed by atoms with Crippen LogP contribution in [-0.4, -0.2) is 50.1 Å². The maximum Gasteiger partial charge on any atom is 0.573 e. The van der Waals surface area contributed by atoms with Crippen molar-refractivity contribution in [1.82, 2.24) is 19.9 Å². The normalized spacial score (nSPS) is 12.9. The van der Waals surface area contributed by atoms with E-state index in [0.29, 0.717) is 11.3 Å². The highest BCUT2D eigenvalue weighted by molar-refractivity contribution is 7.22. The number of aryl methyl sites for hydroxylation is 1. The van der Waals surface area contributed by atoms with Crippen molar-refractivity contribution >= 4 is 50.2 Å². The number of rotatable bonds is 9. The third kappa shape index (κ3) is 7.01. The number of nitrogens with one attached hydrogen (secondary N) is 2. The number of carbonyl (C=O) groups excluding carboxylic acids is 1. The first-order valence-electron chi connectivity index (χ1n) is 9.32. The summed E-state index contributed by atoms with van der Waals surface area (Å²) in [7, 11) is 0. The Morgan fingerprint density at radius 3 is 2.69 bits per heavy atom. The van der Waals surface area contributed by atoms with Gasteiger partial charge < -0.3 is 24.9 Å². The SMILES string of the molecule is Cc1ncc([N+](=O)[O-])n1CCOC(=O)NC(Nc1nc2ccc(OC(F)(F)F)cc2s1)C(F)(F)Cl. The smallest absolute Gasteiger partial charge is 0.445 e. The van der Waals surface area contributed by atoms with Crippen molar-refractivity contribution < 1.29 is 41.1 Å². The fourth-order valence-electron chi connectivity index (χ4n) is 2.75. The Bertz CT molecular complexity index is 1230. The Morgan fingerprint density at radius 2 is 2.06 bits per heavy atom. The van der Waals surface area contributed by atoms with Gasteiger partial charge in [-0.1, -0.05) is 11.3 Å². The minimum atomic E-state index is -4.92. The van der Waals surface area contributed by atoms with Crippen LogP contribution in [0.4, 0.5) is 37.7 Å². The van der Waals surface area contributed by atoms with Crippen molar-refractivity contribution in [3.05, 3.63) is 40.3 Å². The third-order valence-electron chi connectivity index (χ3n) is 4.22. The number of thiazole rings is 1. The van der Waals surface area contributed by atoms with Gasteiger partial charge in [0.05, 0.1) is 10.2 Å². The molecule has 1 atom stereocenters. The average Bonchev–Trinajstić information content (AvgIpc) is 3.28. The summed E-state index contributed by atoms with van der Waals surface area (Å²) in [5.41, 5.74) is 0.170. The van der Waals surface area contributed by atoms with Crippen molar-refractivity contribution in [3.63, 3.8) is 0 Å². The molecule has 0 fully saturated rings. The number of hydrogen-bond donors (Lipinski definition) is 2. The van der Waals surface area contributed by atoms with Crippen LogP contribution in [0.25, 0.3) is 10.2 Å². The zero-order valence-electron chi connectivity index (χ0n) is 17.3. The van der Waals surface area contributed by atoms with E-state index in [-0.39, 0.29) is 33.5 Å². The van der Waals surface area contributed by atoms with Crippen LogP contribution < -0.4 is 15.4 Å². The standard InChI is InChI=1S/C17H14ClF5N6O5S/c1-8-24-7-12(29(31)32)28(8)4-5-33-15(30)27-13(16(18,19)20)26-14-25-10-3-2-9(6-11(10)35-14)34-17(21,22)23/h2-3,6-7,13H,4-5H2,1H3,(H,25,26)(H,27,30). The number of imidazole rings is 1. The van der Waals surface area contributed by atoms with Gasteiger partial charge in [-0.05, 0) is 28.7 Å². The van der Waals surface area contributed by atoms with Crippen molar-refractivity contribution in [2.45, 2.75) is 31.4 Å². The molecule has 11 nitrogen and oxygen atoms in total. The number of hydrogen-bond acceptors (Lipinski definition) is 9. The lowest BCUT2D eigenvalue weighted by molar-refractivity contribution is -0.392. The molecule has 190 valence electrons. The summed E-state index contributed by atoms with van der Waals surface area (Å²) in [5.74, 6) is -0.611. The van der Waals surface area contributed by atoms with E-state index in [1.54, 1.807) is 5.32 Å². The number of carbonyl (C=O) groups is 1. The van der Waals surface area contributed by atoms with Crippen LogP contribution in [0.3, 0.4) is 0 Å². The maximum atomic E-state index is 13.9. The molecule has 1 unspecified atom stereocenters. The van der Waals surface area contributed by atoms with E-state index in [2.05, 4.69) is 20.0 Å². The lowest BCUT2D eigenvalue weighted by atomic mass is 10.3. The zero-order chi connectivity index (χ0) is 26.0. The molecule has 3 aromatic rings. The molecule has 1 amide bonds. The molecule has 3 rings (SSSR count). The lowest BCUT2D eigenvalue weighted by Crippen LogP contribution is -2.50. The minimum absolute atomic E-state index is 0.170. The molecule has 2 aromatic heterocycles. The average molecular weight is 545 g/mol. The van der Waals surface area contributed by atoms with E-state index >= 15 is 0 Å². The number of halogens is 6. The van der Waals surface area contributed by atoms with E-state index < -0.39 is 41.3 Å². The second kappa shape index (κ2) is 10.0. The van der Waals surface area contributed by atoms with Crippen molar-refractivity contribution in [2.24, 2.45) is 0 Å². The van der Waals surface area contributed by atoms with Crippen molar-refractivity contribution in [2.75, 3.05) is 11.9 Å². The van der Waals surface area contributed by atoms with Crippen LogP contribution in [0, 0.1) is 17.0 Å². The predicted molar refractivity (Wildman–Crippen MR) is 113 cm³/mol. The molecule has 0 aliphatic carbocycles. The Labute approximate surface area is 200 Å². The first-order chi connectivity index (χ1) is 16.2. The van der Waals surface area contributed by atoms with E-state index in [1.165, 1.54) is 13.0 Å². The first kappa shape index (κ1) is 26.1. The molecule has 2 heterocycles. The number of alkyl carbamates (subject to hydrolysis) is 1. The predicted octanol–water partition coefficient (Wildman–Crippen LogP) is 4.60. The second-order valence-electron chi connectivity index (χ2n) is 6.67. The van der Waals surface area contributed by atoms with Crippen LogP contribution in [0.2, 0.25) is 0 Å². The molecule has 0 bridgehead atoms. The summed E-state index contributed by atoms with van der Waals surface area (Å²) in [6.07, 6.45) is -7.46. The molecule has 35 heavy (non-hydrogen) atoms. The Hall–Kier alpha value is -3.47. The van der Waals surface area contributed by atoms with Crippen LogP contribution in [0.1, 0.15) is 5.82 Å². The number of amides is 1. The Kier molecular flexibility index (Phi) is 7.49. The van der Waals surface area contributed by atoms with Gasteiger partial charge in [0.1, 0.15) is 25.1 Å². The number of nitro groups is 1. The third-order valence-corrected chi connectivity index (χ3v) is 5.39. The molecule has 0 aliphatic rings. The number of benzene rings is 1. The first-order valence-corrected chi connectivity index (χ1v) is 10.5. The summed E-state index contributed by atoms with van der Waals surface area (Å²) in [6.45, 7) is 0.885. The molecule has 0 radical (unpaired) electrons. The number of nitrogens with zero attached hydrogens (tertiary/aromatic N) is 4. The molecule has 18 heteroatoms. The van der Waals surface area contributed by atoms with E-state index in [9.17, 15) is 36.9 Å². The topological polar surface area (TPSA) is 133 Å². The summed E-state index contributed by atoms with van der Waals surface area (Å²) < 4.78 is 74.8. The molecule has 0 saturated heterocycles. The zero-order valence-corrected chi connectivity index (χ0v) is 18.9. The van der Waals surface area contributed by atoms with Gasteiger partial charge in [-0.25, -0.2) is 19.3 Å². The highest BCUT2D eigenvalue weighted by atomic mass is 35.5. The quantitative estimate of drug-likeness (QED) is 0.131. The molecular weight excluding hydrogens is 531 g/mol. The molecule has 0 spiro atoms. The van der Waals surface area contributed by atoms with Crippen LogP contribution in [-0.2, 0) is 11.3 Å². The number of aromatic nitrogens is 3. The number of ether oxygens (including phenoxy) is 2. The number of fused-ring (bicyclic) bond motifs is 1. The fraction of sp³-hybridized carbons (Fsp3) is 0.353. The monoisotopic (exact) mass is 544 g/mol. The maximum absolute atomic E-state index is 13.9. The van der Waals surface area contributed by atoms with Crippen molar-refractivity contribution in [3.8, 4) is 5.75 Å². The van der Waals surface area contributed by atoms with E-state index in [1.807, 2.05) is 0 Å². The van der Waals surface area contributed by atoms with E-state index in [0.717, 1.165) is 22.9 Å². The lowest BCUT2D eigenvalue weighted by Gasteiger charge is -2.23. The Morgan fingerprint density at radius 1 is 1.34 bits per heavy atom. The molecule has 1 aromatic carbocycles. The van der Waals surface area contributed by atoms with Gasteiger partial charge >= 0.3 is 23.7 Å².